The minimum Gasteiger partial charge on any atom is -0.473 e. The fraction of sp³-hybridized carbons (Fsp3) is 0.526. The van der Waals surface area contributed by atoms with E-state index in [4.69, 9.17) is 24.5 Å². The predicted octanol–water partition coefficient (Wildman–Crippen LogP) is 0.913. The minimum absolute atomic E-state index is 0.218. The summed E-state index contributed by atoms with van der Waals surface area (Å²) in [6.07, 6.45) is 1.98. The monoisotopic (exact) mass is 378 g/mol. The molecule has 8 heteroatoms. The standard InChI is InChI=1S/C17H24N2O2.C2H2O4/c20-17(19-10-12-21-13-11-19)16-6-8-18(9-7-16)14-15-4-2-1-3-5-15;3-1(4)2(5)6/h1-5,16H,6-14H2;(H,3,4)(H,5,6). The van der Waals surface area contributed by atoms with E-state index in [9.17, 15) is 4.79 Å². The molecule has 0 aliphatic carbocycles. The zero-order valence-corrected chi connectivity index (χ0v) is 15.2. The Morgan fingerprint density at radius 1 is 0.926 bits per heavy atom. The maximum Gasteiger partial charge on any atom is 0.414 e. The van der Waals surface area contributed by atoms with Crippen LogP contribution in [-0.4, -0.2) is 77.3 Å². The summed E-state index contributed by atoms with van der Waals surface area (Å²) in [5.41, 5.74) is 1.36. The Morgan fingerprint density at radius 3 is 2.00 bits per heavy atom. The van der Waals surface area contributed by atoms with Gasteiger partial charge in [-0.1, -0.05) is 30.3 Å². The maximum atomic E-state index is 12.5. The van der Waals surface area contributed by atoms with Gasteiger partial charge in [-0.25, -0.2) is 9.59 Å². The lowest BCUT2D eigenvalue weighted by atomic mass is 9.94. The Morgan fingerprint density at radius 2 is 1.48 bits per heavy atom. The number of rotatable bonds is 3. The SMILES string of the molecule is O=C(C1CCN(Cc2ccccc2)CC1)N1CCOCC1.O=C(O)C(=O)O. The topological polar surface area (TPSA) is 107 Å². The van der Waals surface area contributed by atoms with E-state index in [0.29, 0.717) is 19.1 Å². The van der Waals surface area contributed by atoms with Crippen molar-refractivity contribution < 1.29 is 29.3 Å². The zero-order valence-electron chi connectivity index (χ0n) is 15.2. The zero-order chi connectivity index (χ0) is 19.6. The van der Waals surface area contributed by atoms with Crippen molar-refractivity contribution in [1.82, 2.24) is 9.80 Å². The molecule has 2 aliphatic rings. The smallest absolute Gasteiger partial charge is 0.414 e. The van der Waals surface area contributed by atoms with Gasteiger partial charge in [0.15, 0.2) is 0 Å². The molecule has 1 aromatic carbocycles. The Labute approximate surface area is 158 Å². The average molecular weight is 378 g/mol. The van der Waals surface area contributed by atoms with Gasteiger partial charge in [-0.3, -0.25) is 9.69 Å². The predicted molar refractivity (Wildman–Crippen MR) is 97.1 cm³/mol. The molecule has 1 aromatic rings. The molecule has 0 saturated carbocycles. The van der Waals surface area contributed by atoms with Gasteiger partial charge in [0.2, 0.25) is 5.91 Å². The first-order valence-electron chi connectivity index (χ1n) is 9.06. The van der Waals surface area contributed by atoms with Crippen molar-refractivity contribution in [2.24, 2.45) is 5.92 Å². The van der Waals surface area contributed by atoms with Crippen molar-refractivity contribution in [3.63, 3.8) is 0 Å². The van der Waals surface area contributed by atoms with Gasteiger partial charge in [-0.15, -0.1) is 0 Å². The molecule has 0 atom stereocenters. The first-order chi connectivity index (χ1) is 13.0. The van der Waals surface area contributed by atoms with Gasteiger partial charge in [-0.05, 0) is 31.5 Å². The van der Waals surface area contributed by atoms with Crippen molar-refractivity contribution in [2.75, 3.05) is 39.4 Å². The molecule has 3 rings (SSSR count). The van der Waals surface area contributed by atoms with E-state index in [1.807, 2.05) is 4.90 Å². The van der Waals surface area contributed by atoms with Crippen LogP contribution in [0.25, 0.3) is 0 Å². The van der Waals surface area contributed by atoms with Crippen LogP contribution in [0.2, 0.25) is 0 Å². The van der Waals surface area contributed by atoms with Crippen LogP contribution in [0.3, 0.4) is 0 Å². The minimum atomic E-state index is -1.82. The summed E-state index contributed by atoms with van der Waals surface area (Å²) in [4.78, 5) is 35.1. The molecule has 0 spiro atoms. The van der Waals surface area contributed by atoms with E-state index in [2.05, 4.69) is 35.2 Å². The molecule has 2 fully saturated rings. The van der Waals surface area contributed by atoms with Crippen LogP contribution in [0.4, 0.5) is 0 Å². The molecule has 27 heavy (non-hydrogen) atoms. The number of hydrogen-bond donors (Lipinski definition) is 2. The highest BCUT2D eigenvalue weighted by Gasteiger charge is 2.29. The van der Waals surface area contributed by atoms with Crippen molar-refractivity contribution in [3.05, 3.63) is 35.9 Å². The van der Waals surface area contributed by atoms with E-state index < -0.39 is 11.9 Å². The van der Waals surface area contributed by atoms with E-state index in [1.165, 1.54) is 5.56 Å². The van der Waals surface area contributed by atoms with Crippen molar-refractivity contribution in [3.8, 4) is 0 Å². The molecule has 0 radical (unpaired) electrons. The van der Waals surface area contributed by atoms with E-state index >= 15 is 0 Å². The summed E-state index contributed by atoms with van der Waals surface area (Å²) < 4.78 is 5.32. The Balaban J connectivity index is 0.000000380. The molecule has 2 saturated heterocycles. The molecule has 8 nitrogen and oxygen atoms in total. The molecule has 2 aliphatic heterocycles. The first-order valence-corrected chi connectivity index (χ1v) is 9.06. The summed E-state index contributed by atoms with van der Waals surface area (Å²) in [7, 11) is 0. The summed E-state index contributed by atoms with van der Waals surface area (Å²) in [6, 6.07) is 10.6. The fourth-order valence-electron chi connectivity index (χ4n) is 3.22. The average Bonchev–Trinajstić information content (AvgIpc) is 2.70. The largest absolute Gasteiger partial charge is 0.473 e. The Bertz CT molecular complexity index is 610. The molecular weight excluding hydrogens is 352 g/mol. The number of ether oxygens (including phenoxy) is 1. The Hall–Kier alpha value is -2.45. The van der Waals surface area contributed by atoms with E-state index in [0.717, 1.165) is 45.6 Å². The van der Waals surface area contributed by atoms with E-state index in [-0.39, 0.29) is 5.92 Å². The third-order valence-electron chi connectivity index (χ3n) is 4.69. The number of carbonyl (C=O) groups is 3. The summed E-state index contributed by atoms with van der Waals surface area (Å²) >= 11 is 0. The second-order valence-electron chi connectivity index (χ2n) is 6.58. The van der Waals surface area contributed by atoms with Gasteiger partial charge in [-0.2, -0.15) is 0 Å². The summed E-state index contributed by atoms with van der Waals surface area (Å²) in [5, 5.41) is 14.8. The van der Waals surface area contributed by atoms with Crippen LogP contribution in [0.5, 0.6) is 0 Å². The molecule has 1 amide bonds. The van der Waals surface area contributed by atoms with Gasteiger partial charge < -0.3 is 19.8 Å². The number of likely N-dealkylation sites (tertiary alicyclic amines) is 1. The van der Waals surface area contributed by atoms with Crippen LogP contribution < -0.4 is 0 Å². The lowest BCUT2D eigenvalue weighted by Gasteiger charge is -2.35. The number of carbonyl (C=O) groups excluding carboxylic acids is 1. The van der Waals surface area contributed by atoms with Crippen molar-refractivity contribution in [2.45, 2.75) is 19.4 Å². The van der Waals surface area contributed by atoms with Crippen molar-refractivity contribution in [1.29, 1.82) is 0 Å². The number of benzene rings is 1. The number of piperidine rings is 1. The second kappa shape index (κ2) is 10.6. The van der Waals surface area contributed by atoms with Crippen LogP contribution >= 0.6 is 0 Å². The highest BCUT2D eigenvalue weighted by molar-refractivity contribution is 6.27. The molecule has 0 bridgehead atoms. The second-order valence-corrected chi connectivity index (χ2v) is 6.58. The lowest BCUT2D eigenvalue weighted by molar-refractivity contribution is -0.159. The number of nitrogens with zero attached hydrogens (tertiary/aromatic N) is 2. The van der Waals surface area contributed by atoms with E-state index in [1.54, 1.807) is 0 Å². The van der Waals surface area contributed by atoms with Gasteiger partial charge in [0.1, 0.15) is 0 Å². The summed E-state index contributed by atoms with van der Waals surface area (Å²) in [5.74, 6) is -3.09. The Kier molecular flexibility index (Phi) is 8.22. The number of hydrogen-bond acceptors (Lipinski definition) is 5. The number of carboxylic acid groups (broad SMARTS) is 2. The van der Waals surface area contributed by atoms with Gasteiger partial charge in [0, 0.05) is 25.6 Å². The number of carboxylic acids is 2. The normalized spacial score (nSPS) is 18.3. The third-order valence-corrected chi connectivity index (χ3v) is 4.69. The van der Waals surface area contributed by atoms with Crippen LogP contribution in [0, 0.1) is 5.92 Å². The third kappa shape index (κ3) is 6.99. The van der Waals surface area contributed by atoms with Crippen molar-refractivity contribution >= 4 is 17.8 Å². The van der Waals surface area contributed by atoms with Gasteiger partial charge >= 0.3 is 11.9 Å². The fourth-order valence-corrected chi connectivity index (χ4v) is 3.22. The van der Waals surface area contributed by atoms with Gasteiger partial charge in [0.25, 0.3) is 0 Å². The molecule has 2 N–H and O–H groups in total. The van der Waals surface area contributed by atoms with Crippen LogP contribution in [0.1, 0.15) is 18.4 Å². The molecule has 0 unspecified atom stereocenters. The van der Waals surface area contributed by atoms with Crippen LogP contribution in [0.15, 0.2) is 30.3 Å². The number of aliphatic carboxylic acids is 2. The molecule has 148 valence electrons. The lowest BCUT2D eigenvalue weighted by Crippen LogP contribution is -2.46. The summed E-state index contributed by atoms with van der Waals surface area (Å²) in [6.45, 7) is 5.97. The first kappa shape index (κ1) is 20.9. The molecule has 0 aromatic heterocycles. The highest BCUT2D eigenvalue weighted by Crippen LogP contribution is 2.21. The molecule has 2 heterocycles. The number of amides is 1. The highest BCUT2D eigenvalue weighted by atomic mass is 16.5. The quantitative estimate of drug-likeness (QED) is 0.753. The number of morpholine rings is 1. The maximum absolute atomic E-state index is 12.5. The van der Waals surface area contributed by atoms with Crippen LogP contribution in [-0.2, 0) is 25.7 Å². The van der Waals surface area contributed by atoms with Gasteiger partial charge in [0.05, 0.1) is 13.2 Å². The molecular formula is C19H26N2O6.